The van der Waals surface area contributed by atoms with E-state index in [9.17, 15) is 9.90 Å². The summed E-state index contributed by atoms with van der Waals surface area (Å²) in [6.07, 6.45) is 13.2. The van der Waals surface area contributed by atoms with Crippen molar-refractivity contribution in [3.63, 3.8) is 0 Å². The Kier molecular flexibility index (Phi) is 6.01. The highest BCUT2D eigenvalue weighted by Crippen LogP contribution is 2.35. The molecule has 0 saturated heterocycles. The number of imidazole rings is 1. The van der Waals surface area contributed by atoms with Crippen molar-refractivity contribution in [3.05, 3.63) is 60.4 Å². The van der Waals surface area contributed by atoms with Crippen LogP contribution >= 0.6 is 0 Å². The third kappa shape index (κ3) is 4.39. The fourth-order valence-electron chi connectivity index (χ4n) is 5.52. The minimum atomic E-state index is -1.21. The van der Waals surface area contributed by atoms with Gasteiger partial charge in [-0.25, -0.2) is 15.0 Å². The summed E-state index contributed by atoms with van der Waals surface area (Å²) in [4.78, 5) is 26.0. The Bertz CT molecular complexity index is 1400. The predicted molar refractivity (Wildman–Crippen MR) is 138 cm³/mol. The Morgan fingerprint density at radius 2 is 1.67 bits per heavy atom. The molecule has 4 aromatic rings. The van der Waals surface area contributed by atoms with E-state index in [1.54, 1.807) is 18.3 Å². The molecule has 6 rings (SSSR count). The number of carbonyl (C=O) groups is 1. The summed E-state index contributed by atoms with van der Waals surface area (Å²) in [5, 5.41) is 18.8. The van der Waals surface area contributed by atoms with Crippen LogP contribution in [0.3, 0.4) is 0 Å². The molecule has 0 unspecified atom stereocenters. The quantitative estimate of drug-likeness (QED) is 0.399. The average molecular weight is 482 g/mol. The molecule has 2 saturated carbocycles. The van der Waals surface area contributed by atoms with E-state index in [0.717, 1.165) is 48.4 Å². The molecule has 0 spiro atoms. The number of nitrogens with zero attached hydrogens (tertiary/aromatic N) is 4. The number of carboxylic acids is 1. The summed E-state index contributed by atoms with van der Waals surface area (Å²) in [7, 11) is 0. The lowest BCUT2D eigenvalue weighted by Crippen LogP contribution is -2.22. The largest absolute Gasteiger partial charge is 0.545 e. The first-order chi connectivity index (χ1) is 17.7. The summed E-state index contributed by atoms with van der Waals surface area (Å²) in [6.45, 7) is 0. The first kappa shape index (κ1) is 22.5. The number of carboxylic acid groups (broad SMARTS) is 1. The Morgan fingerprint density at radius 3 is 2.42 bits per heavy atom. The monoisotopic (exact) mass is 481 g/mol. The smallest absolute Gasteiger partial charge is 0.223 e. The normalized spacial score (nSPS) is 16.6. The van der Waals surface area contributed by atoms with Crippen LogP contribution in [0.25, 0.3) is 28.3 Å². The molecule has 0 bridgehead atoms. The number of aromatic carboxylic acids is 1. The highest BCUT2D eigenvalue weighted by atomic mass is 16.4. The van der Waals surface area contributed by atoms with E-state index >= 15 is 0 Å². The van der Waals surface area contributed by atoms with Crippen LogP contribution in [0.5, 0.6) is 0 Å². The van der Waals surface area contributed by atoms with Gasteiger partial charge in [0.15, 0.2) is 5.65 Å². The van der Waals surface area contributed by atoms with E-state index < -0.39 is 5.97 Å². The van der Waals surface area contributed by atoms with Crippen LogP contribution in [0.15, 0.2) is 54.9 Å². The molecule has 36 heavy (non-hydrogen) atoms. The van der Waals surface area contributed by atoms with Crippen molar-refractivity contribution in [1.82, 2.24) is 19.4 Å². The van der Waals surface area contributed by atoms with E-state index in [4.69, 9.17) is 9.97 Å². The van der Waals surface area contributed by atoms with Gasteiger partial charge in [-0.3, -0.25) is 4.40 Å². The van der Waals surface area contributed by atoms with E-state index in [1.807, 2.05) is 28.8 Å². The summed E-state index contributed by atoms with van der Waals surface area (Å²) in [5.41, 5.74) is 4.77. The Morgan fingerprint density at radius 1 is 0.917 bits per heavy atom. The van der Waals surface area contributed by atoms with Gasteiger partial charge in [-0.15, -0.1) is 0 Å². The van der Waals surface area contributed by atoms with Crippen molar-refractivity contribution < 1.29 is 9.90 Å². The van der Waals surface area contributed by atoms with Crippen LogP contribution in [0.2, 0.25) is 0 Å². The molecule has 2 N–H and O–H groups in total. The lowest BCUT2D eigenvalue weighted by Gasteiger charge is -2.14. The van der Waals surface area contributed by atoms with Crippen molar-refractivity contribution in [2.24, 2.45) is 0 Å². The van der Waals surface area contributed by atoms with Crippen molar-refractivity contribution >= 4 is 23.3 Å². The summed E-state index contributed by atoms with van der Waals surface area (Å²) >= 11 is 0. The first-order valence-electron chi connectivity index (χ1n) is 12.8. The number of hydrogen-bond donors (Lipinski definition) is 2. The molecule has 3 aromatic heterocycles. The second-order valence-electron chi connectivity index (χ2n) is 9.81. The summed E-state index contributed by atoms with van der Waals surface area (Å²) in [6, 6.07) is 13.5. The van der Waals surface area contributed by atoms with Gasteiger partial charge in [0, 0.05) is 30.0 Å². The van der Waals surface area contributed by atoms with E-state index in [1.165, 1.54) is 31.7 Å². The molecule has 2 aliphatic rings. The number of aromatic nitrogens is 4. The molecular weight excluding hydrogens is 452 g/mol. The van der Waals surface area contributed by atoms with Gasteiger partial charge in [0.2, 0.25) is 5.95 Å². The number of hydrogen-bond acceptors (Lipinski definition) is 7. The van der Waals surface area contributed by atoms with Crippen LogP contribution in [-0.4, -0.2) is 37.4 Å². The van der Waals surface area contributed by atoms with Crippen LogP contribution in [0.4, 0.5) is 11.6 Å². The molecule has 0 amide bonds. The predicted octanol–water partition coefficient (Wildman–Crippen LogP) is 4.53. The van der Waals surface area contributed by atoms with Crippen molar-refractivity contribution in [1.29, 1.82) is 0 Å². The van der Waals surface area contributed by atoms with Gasteiger partial charge in [0.25, 0.3) is 0 Å². The van der Waals surface area contributed by atoms with Crippen molar-refractivity contribution in [2.75, 3.05) is 10.6 Å². The molecule has 1 aromatic carbocycles. The third-order valence-electron chi connectivity index (χ3n) is 7.32. The molecule has 3 heterocycles. The number of anilines is 2. The van der Waals surface area contributed by atoms with E-state index in [2.05, 4.69) is 21.7 Å². The molecule has 8 nitrogen and oxygen atoms in total. The lowest BCUT2D eigenvalue weighted by molar-refractivity contribution is -0.255. The lowest BCUT2D eigenvalue weighted by atomic mass is 10.1. The first-order valence-corrected chi connectivity index (χ1v) is 12.8. The Hall–Kier alpha value is -3.94. The number of carbonyl (C=O) groups excluding carboxylic acids is 1. The topological polar surface area (TPSA) is 107 Å². The third-order valence-corrected chi connectivity index (χ3v) is 7.32. The summed E-state index contributed by atoms with van der Waals surface area (Å²) < 4.78 is 2.04. The Labute approximate surface area is 209 Å². The zero-order valence-electron chi connectivity index (χ0n) is 20.1. The number of fused-ring (bicyclic) bond motifs is 1. The maximum absolute atomic E-state index is 11.6. The maximum Gasteiger partial charge on any atom is 0.223 e. The van der Waals surface area contributed by atoms with Crippen LogP contribution in [-0.2, 0) is 0 Å². The zero-order valence-corrected chi connectivity index (χ0v) is 20.1. The van der Waals surface area contributed by atoms with Gasteiger partial charge < -0.3 is 20.5 Å². The highest BCUT2D eigenvalue weighted by molar-refractivity contribution is 5.90. The standard InChI is InChI=1S/C28H30N6O2/c35-27(36)19-8-5-7-18(17-19)24-25(22-14-15-29-28(32-22)31-21-11-3-4-12-21)34-16-6-13-23(26(34)33-24)30-20-9-1-2-10-20/h5-8,13-17,20-21,30H,1-4,9-12H2,(H,35,36)(H,29,31,32)/p-1. The van der Waals surface area contributed by atoms with Crippen molar-refractivity contribution in [3.8, 4) is 22.6 Å². The van der Waals surface area contributed by atoms with E-state index in [0.29, 0.717) is 29.3 Å². The fourth-order valence-corrected chi connectivity index (χ4v) is 5.52. The van der Waals surface area contributed by atoms with Gasteiger partial charge in [0.05, 0.1) is 28.7 Å². The molecular formula is C28H29N6O2-. The molecule has 2 aliphatic carbocycles. The highest BCUT2D eigenvalue weighted by Gasteiger charge is 2.22. The fraction of sp³-hybridized carbons (Fsp3) is 0.357. The molecule has 8 heteroatoms. The van der Waals surface area contributed by atoms with Gasteiger partial charge in [0.1, 0.15) is 0 Å². The van der Waals surface area contributed by atoms with E-state index in [-0.39, 0.29) is 5.56 Å². The van der Waals surface area contributed by atoms with Gasteiger partial charge in [-0.1, -0.05) is 43.9 Å². The average Bonchev–Trinajstić information content (AvgIpc) is 3.66. The molecule has 184 valence electrons. The van der Waals surface area contributed by atoms with Crippen LogP contribution in [0, 0.1) is 0 Å². The van der Waals surface area contributed by atoms with Gasteiger partial charge in [-0.2, -0.15) is 0 Å². The second kappa shape index (κ2) is 9.60. The number of rotatable bonds is 7. The Balaban J connectivity index is 1.49. The van der Waals surface area contributed by atoms with Crippen molar-refractivity contribution in [2.45, 2.75) is 63.5 Å². The van der Waals surface area contributed by atoms with Gasteiger partial charge >= 0.3 is 0 Å². The van der Waals surface area contributed by atoms with Gasteiger partial charge in [-0.05, 0) is 55.5 Å². The number of benzene rings is 1. The minimum Gasteiger partial charge on any atom is -0.545 e. The van der Waals surface area contributed by atoms with Crippen LogP contribution < -0.4 is 15.7 Å². The second-order valence-corrected chi connectivity index (χ2v) is 9.81. The molecule has 0 atom stereocenters. The minimum absolute atomic E-state index is 0.117. The molecule has 2 fully saturated rings. The zero-order chi connectivity index (χ0) is 24.5. The van der Waals surface area contributed by atoms with Crippen LogP contribution in [0.1, 0.15) is 61.7 Å². The molecule has 0 radical (unpaired) electrons. The number of pyridine rings is 1. The SMILES string of the molecule is O=C([O-])c1cccc(-c2nc3c(NC4CCCC4)cccn3c2-c2ccnc(NC3CCCC3)n2)c1. The maximum atomic E-state index is 11.6. The number of nitrogens with one attached hydrogen (secondary N) is 2. The molecule has 0 aliphatic heterocycles. The summed E-state index contributed by atoms with van der Waals surface area (Å²) in [5.74, 6) is -0.611.